The molecule has 2 aromatic carbocycles. The normalized spacial score (nSPS) is 18.6. The van der Waals surface area contributed by atoms with Gasteiger partial charge in [0, 0.05) is 12.5 Å². The molecule has 1 amide bonds. The Morgan fingerprint density at radius 1 is 1.08 bits per heavy atom. The number of benzene rings is 2. The molecular formula is C22H25NO3. The Kier molecular flexibility index (Phi) is 5.40. The lowest BCUT2D eigenvalue weighted by Crippen LogP contribution is -2.41. The van der Waals surface area contributed by atoms with E-state index in [1.165, 1.54) is 11.1 Å². The van der Waals surface area contributed by atoms with E-state index >= 15 is 0 Å². The van der Waals surface area contributed by atoms with Crippen LogP contribution >= 0.6 is 0 Å². The zero-order chi connectivity index (χ0) is 18.6. The Morgan fingerprint density at radius 2 is 1.62 bits per heavy atom. The van der Waals surface area contributed by atoms with Gasteiger partial charge in [0.1, 0.15) is 5.60 Å². The van der Waals surface area contributed by atoms with Gasteiger partial charge in [0.05, 0.1) is 12.3 Å². The molecule has 2 aromatic rings. The van der Waals surface area contributed by atoms with Crippen LogP contribution in [-0.2, 0) is 14.3 Å². The van der Waals surface area contributed by atoms with Gasteiger partial charge in [-0.25, -0.2) is 0 Å². The topological polar surface area (TPSA) is 55.4 Å². The van der Waals surface area contributed by atoms with E-state index in [0.29, 0.717) is 6.54 Å². The highest BCUT2D eigenvalue weighted by Crippen LogP contribution is 2.32. The van der Waals surface area contributed by atoms with Crippen LogP contribution < -0.4 is 5.32 Å². The number of carbonyl (C=O) groups is 2. The number of hydrogen-bond donors (Lipinski definition) is 1. The number of carbonyl (C=O) groups excluding carboxylic acids is 2. The van der Waals surface area contributed by atoms with E-state index in [1.807, 2.05) is 36.4 Å². The molecule has 0 aromatic heterocycles. The molecule has 1 N–H and O–H groups in total. The first-order valence-electron chi connectivity index (χ1n) is 9.07. The molecule has 3 rings (SSSR count). The number of hydrogen-bond acceptors (Lipinski definition) is 3. The van der Waals surface area contributed by atoms with Crippen molar-refractivity contribution < 1.29 is 14.3 Å². The highest BCUT2D eigenvalue weighted by atomic mass is 16.6. The lowest BCUT2D eigenvalue weighted by atomic mass is 9.88. The SMILES string of the molecule is CC1(C)OC(=O)C[C@@H]1C(=O)NCCC(c1ccccc1)c1ccccc1. The fraction of sp³-hybridized carbons (Fsp3) is 0.364. The summed E-state index contributed by atoms with van der Waals surface area (Å²) >= 11 is 0. The molecule has 4 heteroatoms. The van der Waals surface area contributed by atoms with E-state index in [2.05, 4.69) is 29.6 Å². The van der Waals surface area contributed by atoms with Crippen LogP contribution in [0, 0.1) is 5.92 Å². The van der Waals surface area contributed by atoms with Gasteiger partial charge in [-0.05, 0) is 31.4 Å². The van der Waals surface area contributed by atoms with E-state index < -0.39 is 11.5 Å². The van der Waals surface area contributed by atoms with E-state index in [0.717, 1.165) is 6.42 Å². The van der Waals surface area contributed by atoms with Crippen LogP contribution in [-0.4, -0.2) is 24.0 Å². The standard InChI is InChI=1S/C22H25NO3/c1-22(2)19(15-20(24)26-22)21(25)23-14-13-18(16-9-5-3-6-10-16)17-11-7-4-8-12-17/h3-12,18-19H,13-15H2,1-2H3,(H,23,25)/t19-/m1/s1. The third kappa shape index (κ3) is 4.13. The van der Waals surface area contributed by atoms with Gasteiger partial charge >= 0.3 is 5.97 Å². The van der Waals surface area contributed by atoms with Gasteiger partial charge < -0.3 is 10.1 Å². The first kappa shape index (κ1) is 18.2. The number of nitrogens with one attached hydrogen (secondary N) is 1. The van der Waals surface area contributed by atoms with Crippen molar-refractivity contribution in [1.29, 1.82) is 0 Å². The summed E-state index contributed by atoms with van der Waals surface area (Å²) in [6.07, 6.45) is 0.946. The minimum atomic E-state index is -0.737. The van der Waals surface area contributed by atoms with E-state index in [4.69, 9.17) is 4.74 Å². The maximum atomic E-state index is 12.5. The molecule has 4 nitrogen and oxygen atoms in total. The average Bonchev–Trinajstić information content (AvgIpc) is 2.92. The predicted octanol–water partition coefficient (Wildman–Crippen LogP) is 3.67. The smallest absolute Gasteiger partial charge is 0.307 e. The Labute approximate surface area is 154 Å². The lowest BCUT2D eigenvalue weighted by molar-refractivity contribution is -0.147. The first-order chi connectivity index (χ1) is 12.5. The van der Waals surface area contributed by atoms with Crippen molar-refractivity contribution >= 4 is 11.9 Å². The highest BCUT2D eigenvalue weighted by Gasteiger charge is 2.45. The molecule has 0 unspecified atom stereocenters. The van der Waals surface area contributed by atoms with E-state index in [1.54, 1.807) is 13.8 Å². The number of ether oxygens (including phenoxy) is 1. The van der Waals surface area contributed by atoms with Gasteiger partial charge in [-0.2, -0.15) is 0 Å². The summed E-state index contributed by atoms with van der Waals surface area (Å²) in [5.74, 6) is -0.628. The molecular weight excluding hydrogens is 326 g/mol. The molecule has 1 atom stereocenters. The van der Waals surface area contributed by atoms with Gasteiger partial charge in [0.25, 0.3) is 0 Å². The van der Waals surface area contributed by atoms with Crippen molar-refractivity contribution in [3.63, 3.8) is 0 Å². The second-order valence-corrected chi connectivity index (χ2v) is 7.29. The van der Waals surface area contributed by atoms with Gasteiger partial charge in [0.15, 0.2) is 0 Å². The first-order valence-corrected chi connectivity index (χ1v) is 9.07. The maximum Gasteiger partial charge on any atom is 0.307 e. The average molecular weight is 351 g/mol. The van der Waals surface area contributed by atoms with Crippen LogP contribution in [0.4, 0.5) is 0 Å². The minimum absolute atomic E-state index is 0.110. The van der Waals surface area contributed by atoms with Crippen LogP contribution in [0.25, 0.3) is 0 Å². The molecule has 0 radical (unpaired) electrons. The largest absolute Gasteiger partial charge is 0.459 e. The Bertz CT molecular complexity index is 716. The second-order valence-electron chi connectivity index (χ2n) is 7.29. The van der Waals surface area contributed by atoms with Crippen molar-refractivity contribution in [2.75, 3.05) is 6.54 Å². The number of rotatable bonds is 6. The third-order valence-corrected chi connectivity index (χ3v) is 5.04. The number of cyclic esters (lactones) is 1. The molecule has 1 aliphatic heterocycles. The summed E-state index contributed by atoms with van der Waals surface area (Å²) < 4.78 is 5.25. The maximum absolute atomic E-state index is 12.5. The van der Waals surface area contributed by atoms with Crippen molar-refractivity contribution in [3.8, 4) is 0 Å². The number of amides is 1. The van der Waals surface area contributed by atoms with Gasteiger partial charge in [-0.15, -0.1) is 0 Å². The molecule has 0 bridgehead atoms. The molecule has 26 heavy (non-hydrogen) atoms. The van der Waals surface area contributed by atoms with Gasteiger partial charge in [0.2, 0.25) is 5.91 Å². The molecule has 1 aliphatic rings. The summed E-state index contributed by atoms with van der Waals surface area (Å²) in [6, 6.07) is 20.6. The van der Waals surface area contributed by atoms with Crippen LogP contribution in [0.15, 0.2) is 60.7 Å². The molecule has 1 heterocycles. The summed E-state index contributed by atoms with van der Waals surface area (Å²) in [5.41, 5.74) is 1.72. The van der Waals surface area contributed by atoms with Crippen LogP contribution in [0.2, 0.25) is 0 Å². The van der Waals surface area contributed by atoms with Crippen LogP contribution in [0.1, 0.15) is 43.7 Å². The van der Waals surface area contributed by atoms with Crippen LogP contribution in [0.3, 0.4) is 0 Å². The molecule has 0 saturated carbocycles. The fourth-order valence-corrected chi connectivity index (χ4v) is 3.59. The quantitative estimate of drug-likeness (QED) is 0.808. The summed E-state index contributed by atoms with van der Waals surface area (Å²) in [5, 5.41) is 3.00. The van der Waals surface area contributed by atoms with Gasteiger partial charge in [-0.3, -0.25) is 9.59 Å². The van der Waals surface area contributed by atoms with Crippen molar-refractivity contribution in [2.24, 2.45) is 5.92 Å². The van der Waals surface area contributed by atoms with E-state index in [9.17, 15) is 9.59 Å². The molecule has 0 spiro atoms. The Balaban J connectivity index is 1.66. The fourth-order valence-electron chi connectivity index (χ4n) is 3.59. The van der Waals surface area contributed by atoms with Gasteiger partial charge in [-0.1, -0.05) is 60.7 Å². The number of esters is 1. The monoisotopic (exact) mass is 351 g/mol. The zero-order valence-corrected chi connectivity index (χ0v) is 15.3. The second kappa shape index (κ2) is 7.73. The molecule has 0 aliphatic carbocycles. The molecule has 136 valence electrons. The summed E-state index contributed by atoms with van der Waals surface area (Å²) in [7, 11) is 0. The zero-order valence-electron chi connectivity index (χ0n) is 15.3. The summed E-state index contributed by atoms with van der Waals surface area (Å²) in [6.45, 7) is 4.13. The molecule has 1 fully saturated rings. The van der Waals surface area contributed by atoms with Crippen molar-refractivity contribution in [3.05, 3.63) is 71.8 Å². The highest BCUT2D eigenvalue weighted by molar-refractivity contribution is 5.87. The lowest BCUT2D eigenvalue weighted by Gasteiger charge is -2.24. The summed E-state index contributed by atoms with van der Waals surface area (Å²) in [4.78, 5) is 24.0. The van der Waals surface area contributed by atoms with Crippen molar-refractivity contribution in [1.82, 2.24) is 5.32 Å². The molecule has 1 saturated heterocycles. The van der Waals surface area contributed by atoms with E-state index in [-0.39, 0.29) is 24.2 Å². The minimum Gasteiger partial charge on any atom is -0.459 e. The van der Waals surface area contributed by atoms with Crippen molar-refractivity contribution in [2.45, 2.75) is 38.2 Å². The van der Waals surface area contributed by atoms with Crippen LogP contribution in [0.5, 0.6) is 0 Å². The third-order valence-electron chi connectivity index (χ3n) is 5.04. The Hall–Kier alpha value is -2.62. The Morgan fingerprint density at radius 3 is 2.08 bits per heavy atom. The predicted molar refractivity (Wildman–Crippen MR) is 101 cm³/mol.